The number of fused-ring (bicyclic) bond motifs is 7. The molecule has 0 spiro atoms. The Balaban J connectivity index is 0.940. The number of aliphatic hydroxyl groups is 2. The first-order chi connectivity index (χ1) is 32.5. The quantitative estimate of drug-likeness (QED) is 0.0878. The van der Waals surface area contributed by atoms with Crippen LogP contribution in [0.4, 0.5) is 5.69 Å². The number of ether oxygens (including phenoxy) is 3. The molecule has 2 aromatic rings. The molecule has 2 amide bonds. The third kappa shape index (κ3) is 10.7. The molecule has 7 rings (SSSR count). The molecule has 0 unspecified atom stereocenters. The van der Waals surface area contributed by atoms with Crippen molar-refractivity contribution in [2.45, 2.75) is 142 Å². The molecule has 372 valence electrons. The number of aliphatic hydroxyl groups excluding tert-OH is 2. The summed E-state index contributed by atoms with van der Waals surface area (Å²) in [6.07, 6.45) is 5.63. The number of hydrogen-bond acceptors (Lipinski definition) is 12. The summed E-state index contributed by atoms with van der Waals surface area (Å²) >= 11 is 3.12. The van der Waals surface area contributed by atoms with Crippen molar-refractivity contribution in [1.82, 2.24) is 5.32 Å². The van der Waals surface area contributed by atoms with Gasteiger partial charge in [0.15, 0.2) is 29.2 Å². The van der Waals surface area contributed by atoms with Gasteiger partial charge in [-0.2, -0.15) is 0 Å². The van der Waals surface area contributed by atoms with E-state index in [1.54, 1.807) is 45.9 Å². The van der Waals surface area contributed by atoms with Crippen molar-refractivity contribution >= 4 is 62.5 Å². The van der Waals surface area contributed by atoms with E-state index in [0.717, 1.165) is 29.5 Å². The van der Waals surface area contributed by atoms with Crippen molar-refractivity contribution in [3.8, 4) is 0 Å². The third-order valence-corrected chi connectivity index (χ3v) is 16.2. The number of hydrogen-bond donors (Lipinski definition) is 4. The number of halogens is 1. The Bertz CT molecular complexity index is 2410. The molecule has 69 heavy (non-hydrogen) atoms. The van der Waals surface area contributed by atoms with Crippen molar-refractivity contribution in [2.24, 2.45) is 40.4 Å². The van der Waals surface area contributed by atoms with Crippen LogP contribution in [-0.2, 0) is 54.2 Å². The maximum absolute atomic E-state index is 14.0. The minimum Gasteiger partial charge on any atom is -0.460 e. The first-order valence-electron chi connectivity index (χ1n) is 24.2. The zero-order chi connectivity index (χ0) is 50.2. The topological polar surface area (TPSA) is 212 Å². The number of amides is 2. The second-order valence-corrected chi connectivity index (χ2v) is 22.0. The molecule has 1 heterocycles. The average molecular weight is 1020 g/mol. The fourth-order valence-corrected chi connectivity index (χ4v) is 12.4. The van der Waals surface area contributed by atoms with Crippen LogP contribution in [0.5, 0.6) is 0 Å². The molecule has 4 N–H and O–H groups in total. The third-order valence-electron chi connectivity index (χ3n) is 15.6. The van der Waals surface area contributed by atoms with Gasteiger partial charge in [-0.25, -0.2) is 0 Å². The number of allylic oxidation sites excluding steroid dienone is 4. The Morgan fingerprint density at radius 3 is 2.39 bits per heavy atom. The summed E-state index contributed by atoms with van der Waals surface area (Å²) < 4.78 is 18.8. The van der Waals surface area contributed by atoms with Crippen LogP contribution in [0.1, 0.15) is 123 Å². The van der Waals surface area contributed by atoms with Gasteiger partial charge in [-0.3, -0.25) is 33.6 Å². The number of Topliss-reactive ketones (excluding diaryl/α,β-unsaturated/α-hetero) is 3. The van der Waals surface area contributed by atoms with Gasteiger partial charge in [0, 0.05) is 59.1 Å². The lowest BCUT2D eigenvalue weighted by Crippen LogP contribution is -2.63. The van der Waals surface area contributed by atoms with Gasteiger partial charge in [0.2, 0.25) is 11.8 Å². The van der Waals surface area contributed by atoms with Gasteiger partial charge < -0.3 is 35.1 Å². The van der Waals surface area contributed by atoms with Crippen LogP contribution >= 0.6 is 15.9 Å². The zero-order valence-electron chi connectivity index (χ0n) is 40.7. The van der Waals surface area contributed by atoms with E-state index in [9.17, 15) is 43.8 Å². The number of anilines is 1. The molecule has 15 heteroatoms. The van der Waals surface area contributed by atoms with Crippen molar-refractivity contribution in [3.05, 3.63) is 89.0 Å². The van der Waals surface area contributed by atoms with Crippen LogP contribution in [0.3, 0.4) is 0 Å². The number of esters is 1. The highest BCUT2D eigenvalue weighted by Gasteiger charge is 2.76. The number of alkyl halides is 1. The number of rotatable bonds is 18. The number of carbonyl (C=O) groups is 7. The standard InChI is InChI=1S/C54H67BrN2O12/c1-30(21-42(61)31(2)56-49(66)35(24-39(60)28-55)15-18-46(64)68-51(3,4)5)48(65)57-37-10-8-9-33(23-37)22-32-11-13-34(14-12-32)50-67-45-26-41-40-17-16-36-25-38(59)19-20-52(36,6)47(40)43(62)27-53(41,7)54(45,69-50)44(63)29-58/h8-14,19-20,23,25,30-31,35,40-41,43,45,47,50,58,62H,15-18,21-22,24,26-29H2,1-7H3,(H,56,66)(H,57,65)/t30-,31+,35-,40+,41+,43+,45-,47-,50-,52+,53+,54-/m1/s1. The van der Waals surface area contributed by atoms with Crippen LogP contribution in [0.2, 0.25) is 0 Å². The van der Waals surface area contributed by atoms with Gasteiger partial charge >= 0.3 is 5.97 Å². The van der Waals surface area contributed by atoms with Gasteiger partial charge in [0.1, 0.15) is 18.0 Å². The van der Waals surface area contributed by atoms with E-state index in [1.807, 2.05) is 55.5 Å². The van der Waals surface area contributed by atoms with Crippen molar-refractivity contribution in [1.29, 1.82) is 0 Å². The van der Waals surface area contributed by atoms with Crippen molar-refractivity contribution < 1.29 is 58.0 Å². The van der Waals surface area contributed by atoms with E-state index in [1.165, 1.54) is 6.92 Å². The normalized spacial score (nSPS) is 30.3. The Labute approximate surface area is 412 Å². The smallest absolute Gasteiger partial charge is 0.306 e. The fraction of sp³-hybridized carbons (Fsp3) is 0.574. The summed E-state index contributed by atoms with van der Waals surface area (Å²) in [7, 11) is 0. The lowest BCUT2D eigenvalue weighted by atomic mass is 9.46. The summed E-state index contributed by atoms with van der Waals surface area (Å²) in [5.41, 5.74) is 0.760. The molecular formula is C54H67BrN2O12. The molecule has 2 aromatic carbocycles. The molecule has 4 aliphatic carbocycles. The minimum atomic E-state index is -1.45. The van der Waals surface area contributed by atoms with Gasteiger partial charge in [-0.15, -0.1) is 0 Å². The SMILES string of the molecule is C[C@H](CC(=O)[C@H](C)NC(=O)[C@H](CCC(=O)OC(C)(C)C)CC(=O)CBr)C(=O)Nc1cccc(Cc2ccc([C@@H]3O[C@@H]4C[C@H]5[C@@H]6CCC7=CC(=O)C=C[C@]7(C)[C@H]6[C@@H](O)C[C@]5(C)[C@]4(C(=O)CO)O3)cc2)c1. The lowest BCUT2D eigenvalue weighted by molar-refractivity contribution is -0.201. The Morgan fingerprint density at radius 1 is 0.986 bits per heavy atom. The zero-order valence-corrected chi connectivity index (χ0v) is 42.3. The van der Waals surface area contributed by atoms with Gasteiger partial charge in [-0.05, 0) is 113 Å². The van der Waals surface area contributed by atoms with Crippen LogP contribution in [0.25, 0.3) is 0 Å². The molecule has 1 aliphatic heterocycles. The number of nitrogens with one attached hydrogen (secondary N) is 2. The Hall–Kier alpha value is -4.67. The molecule has 0 bridgehead atoms. The largest absolute Gasteiger partial charge is 0.460 e. The lowest BCUT2D eigenvalue weighted by Gasteiger charge is -2.59. The minimum absolute atomic E-state index is 0.0130. The van der Waals surface area contributed by atoms with Crippen LogP contribution in [0, 0.1) is 40.4 Å². The fourth-order valence-electron chi connectivity index (χ4n) is 12.2. The predicted octanol–water partition coefficient (Wildman–Crippen LogP) is 7.01. The van der Waals surface area contributed by atoms with Gasteiger partial charge in [-0.1, -0.05) is 84.7 Å². The van der Waals surface area contributed by atoms with Crippen molar-refractivity contribution in [3.63, 3.8) is 0 Å². The average Bonchev–Trinajstić information content (AvgIpc) is 3.79. The summed E-state index contributed by atoms with van der Waals surface area (Å²) in [5, 5.41) is 28.0. The second-order valence-electron chi connectivity index (χ2n) is 21.4. The highest BCUT2D eigenvalue weighted by atomic mass is 79.9. The van der Waals surface area contributed by atoms with Gasteiger partial charge in [0.05, 0.1) is 23.6 Å². The predicted molar refractivity (Wildman–Crippen MR) is 260 cm³/mol. The van der Waals surface area contributed by atoms with E-state index >= 15 is 0 Å². The Kier molecular flexibility index (Phi) is 15.6. The molecule has 14 nitrogen and oxygen atoms in total. The van der Waals surface area contributed by atoms with E-state index in [0.29, 0.717) is 30.5 Å². The maximum atomic E-state index is 14.0. The monoisotopic (exact) mass is 1010 g/mol. The van der Waals surface area contributed by atoms with Crippen LogP contribution in [0.15, 0.2) is 72.3 Å². The van der Waals surface area contributed by atoms with E-state index in [4.69, 9.17) is 14.2 Å². The highest BCUT2D eigenvalue weighted by molar-refractivity contribution is 9.09. The summed E-state index contributed by atoms with van der Waals surface area (Å²) in [5.74, 6) is -4.11. The molecule has 4 fully saturated rings. The van der Waals surface area contributed by atoms with E-state index in [2.05, 4.69) is 33.5 Å². The molecule has 0 aromatic heterocycles. The first-order valence-corrected chi connectivity index (χ1v) is 25.3. The van der Waals surface area contributed by atoms with E-state index < -0.39 is 82.7 Å². The van der Waals surface area contributed by atoms with Crippen molar-refractivity contribution in [2.75, 3.05) is 17.3 Å². The molecule has 5 aliphatic rings. The second kappa shape index (κ2) is 20.6. The number of ketones is 4. The molecule has 12 atom stereocenters. The summed E-state index contributed by atoms with van der Waals surface area (Å²) in [6, 6.07) is 14.2. The summed E-state index contributed by atoms with van der Waals surface area (Å²) in [4.78, 5) is 90.6. The molecular weight excluding hydrogens is 948 g/mol. The number of benzene rings is 2. The van der Waals surface area contributed by atoms with Crippen LogP contribution < -0.4 is 10.6 Å². The van der Waals surface area contributed by atoms with Gasteiger partial charge in [0.25, 0.3) is 0 Å². The maximum Gasteiger partial charge on any atom is 0.306 e. The molecule has 0 radical (unpaired) electrons. The van der Waals surface area contributed by atoms with E-state index in [-0.39, 0.29) is 72.0 Å². The summed E-state index contributed by atoms with van der Waals surface area (Å²) in [6.45, 7) is 11.8. The highest BCUT2D eigenvalue weighted by Crippen LogP contribution is 2.70. The molecule has 3 saturated carbocycles. The number of carbonyl (C=O) groups excluding carboxylic acids is 7. The molecule has 1 saturated heterocycles. The van der Waals surface area contributed by atoms with Crippen LogP contribution in [-0.4, -0.2) is 92.5 Å². The first kappa shape index (κ1) is 52.2. The Morgan fingerprint density at radius 2 is 1.71 bits per heavy atom.